The summed E-state index contributed by atoms with van der Waals surface area (Å²) in [6.07, 6.45) is 4.67. The number of hydrogen-bond acceptors (Lipinski definition) is 5. The van der Waals surface area contributed by atoms with E-state index in [2.05, 4.69) is 9.97 Å². The van der Waals surface area contributed by atoms with E-state index in [1.807, 2.05) is 4.90 Å². The van der Waals surface area contributed by atoms with Gasteiger partial charge in [-0.05, 0) is 6.42 Å². The van der Waals surface area contributed by atoms with Gasteiger partial charge >= 0.3 is 0 Å². The van der Waals surface area contributed by atoms with E-state index in [1.165, 1.54) is 0 Å². The highest BCUT2D eigenvalue weighted by Gasteiger charge is 2.18. The summed E-state index contributed by atoms with van der Waals surface area (Å²) in [5.74, 6) is 0.837. The number of carbonyl (C=O) groups is 1. The predicted octanol–water partition coefficient (Wildman–Crippen LogP) is 0.228. The van der Waals surface area contributed by atoms with Crippen LogP contribution in [0.4, 0.5) is 11.6 Å². The van der Waals surface area contributed by atoms with Gasteiger partial charge in [0.1, 0.15) is 0 Å². The van der Waals surface area contributed by atoms with Gasteiger partial charge < -0.3 is 10.6 Å². The fourth-order valence-electron chi connectivity index (χ4n) is 1.50. The summed E-state index contributed by atoms with van der Waals surface area (Å²) in [5.41, 5.74) is 6.01. The van der Waals surface area contributed by atoms with Gasteiger partial charge in [0, 0.05) is 13.0 Å². The van der Waals surface area contributed by atoms with Crippen LogP contribution in [0.25, 0.3) is 0 Å². The van der Waals surface area contributed by atoms with Gasteiger partial charge in [-0.3, -0.25) is 4.79 Å². The van der Waals surface area contributed by atoms with Gasteiger partial charge in [-0.25, -0.2) is 9.97 Å². The molecule has 2 rings (SSSR count). The second-order valence-electron chi connectivity index (χ2n) is 3.38. The zero-order chi connectivity index (χ0) is 9.97. The molecule has 1 fully saturated rings. The Bertz CT molecular complexity index is 335. The molecule has 1 aliphatic heterocycles. The van der Waals surface area contributed by atoms with Crippen LogP contribution in [0, 0.1) is 0 Å². The van der Waals surface area contributed by atoms with Crippen LogP contribution in [0.2, 0.25) is 0 Å². The molecule has 0 spiro atoms. The highest BCUT2D eigenvalue weighted by atomic mass is 16.1. The molecule has 0 atom stereocenters. The fourth-order valence-corrected chi connectivity index (χ4v) is 1.50. The molecule has 2 N–H and O–H groups in total. The van der Waals surface area contributed by atoms with E-state index in [1.54, 1.807) is 12.4 Å². The average Bonchev–Trinajstić information content (AvgIpc) is 2.19. The maximum Gasteiger partial charge on any atom is 0.225 e. The predicted molar refractivity (Wildman–Crippen MR) is 52.9 cm³/mol. The summed E-state index contributed by atoms with van der Waals surface area (Å²) < 4.78 is 0. The van der Waals surface area contributed by atoms with Crippen LogP contribution in [0.3, 0.4) is 0 Å². The van der Waals surface area contributed by atoms with E-state index in [-0.39, 0.29) is 5.78 Å². The summed E-state index contributed by atoms with van der Waals surface area (Å²) in [4.78, 5) is 21.2. The maximum absolute atomic E-state index is 11.2. The first-order valence-corrected chi connectivity index (χ1v) is 4.60. The molecule has 1 aromatic heterocycles. The smallest absolute Gasteiger partial charge is 0.225 e. The van der Waals surface area contributed by atoms with Gasteiger partial charge in [-0.15, -0.1) is 0 Å². The molecule has 14 heavy (non-hydrogen) atoms. The Morgan fingerprint density at radius 2 is 2.07 bits per heavy atom. The van der Waals surface area contributed by atoms with Gasteiger partial charge in [-0.2, -0.15) is 0 Å². The van der Waals surface area contributed by atoms with E-state index < -0.39 is 0 Å². The van der Waals surface area contributed by atoms with Crippen molar-refractivity contribution in [3.8, 4) is 0 Å². The molecule has 5 nitrogen and oxygen atoms in total. The number of piperidine rings is 1. The van der Waals surface area contributed by atoms with E-state index in [0.717, 1.165) is 13.0 Å². The van der Waals surface area contributed by atoms with Gasteiger partial charge in [-0.1, -0.05) is 0 Å². The summed E-state index contributed by atoms with van der Waals surface area (Å²) >= 11 is 0. The summed E-state index contributed by atoms with van der Waals surface area (Å²) in [6.45, 7) is 1.26. The largest absolute Gasteiger partial charge is 0.396 e. The third kappa shape index (κ3) is 1.81. The van der Waals surface area contributed by atoms with Crippen molar-refractivity contribution in [3.05, 3.63) is 12.4 Å². The zero-order valence-electron chi connectivity index (χ0n) is 7.81. The minimum absolute atomic E-state index is 0.247. The minimum Gasteiger partial charge on any atom is -0.396 e. The molecule has 1 aromatic rings. The topological polar surface area (TPSA) is 72.1 Å². The number of hydrogen-bond donors (Lipinski definition) is 1. The lowest BCUT2D eigenvalue weighted by Gasteiger charge is -2.25. The highest BCUT2D eigenvalue weighted by molar-refractivity contribution is 5.84. The van der Waals surface area contributed by atoms with Crippen LogP contribution < -0.4 is 10.6 Å². The Kier molecular flexibility index (Phi) is 2.30. The molecule has 1 saturated heterocycles. The number of ketones is 1. The molecule has 0 unspecified atom stereocenters. The van der Waals surface area contributed by atoms with Crippen LogP contribution in [-0.2, 0) is 4.79 Å². The zero-order valence-corrected chi connectivity index (χ0v) is 7.81. The van der Waals surface area contributed by atoms with Crippen molar-refractivity contribution in [1.29, 1.82) is 0 Å². The molecule has 0 amide bonds. The SMILES string of the molecule is Nc1cnc(N2CCCC(=O)C2)nc1. The number of aromatic nitrogens is 2. The molecule has 0 aromatic carbocycles. The number of nitrogens with two attached hydrogens (primary N) is 1. The van der Waals surface area contributed by atoms with Crippen LogP contribution in [-0.4, -0.2) is 28.8 Å². The Hall–Kier alpha value is -1.65. The number of nitrogen functional groups attached to an aromatic ring is 1. The summed E-state index contributed by atoms with van der Waals surface area (Å²) in [6, 6.07) is 0. The lowest BCUT2D eigenvalue weighted by Crippen LogP contribution is -2.36. The normalized spacial score (nSPS) is 17.1. The van der Waals surface area contributed by atoms with E-state index in [4.69, 9.17) is 5.73 Å². The lowest BCUT2D eigenvalue weighted by molar-refractivity contribution is -0.118. The molecule has 1 aliphatic rings. The molecule has 2 heterocycles. The molecule has 0 saturated carbocycles. The summed E-state index contributed by atoms with van der Waals surface area (Å²) in [7, 11) is 0. The van der Waals surface area contributed by atoms with Gasteiger partial charge in [0.25, 0.3) is 0 Å². The average molecular weight is 192 g/mol. The van der Waals surface area contributed by atoms with Crippen molar-refractivity contribution in [2.75, 3.05) is 23.7 Å². The van der Waals surface area contributed by atoms with Gasteiger partial charge in [0.15, 0.2) is 5.78 Å². The third-order valence-corrected chi connectivity index (χ3v) is 2.19. The molecular weight excluding hydrogens is 180 g/mol. The van der Waals surface area contributed by atoms with Crippen LogP contribution >= 0.6 is 0 Å². The summed E-state index contributed by atoms with van der Waals surface area (Å²) in [5, 5.41) is 0. The number of nitrogens with zero attached hydrogens (tertiary/aromatic N) is 3. The number of Topliss-reactive ketones (excluding diaryl/α,β-unsaturated/α-hetero) is 1. The molecule has 0 radical (unpaired) electrons. The van der Waals surface area contributed by atoms with Crippen molar-refractivity contribution < 1.29 is 4.79 Å². The van der Waals surface area contributed by atoms with Crippen LogP contribution in [0.5, 0.6) is 0 Å². The first-order chi connectivity index (χ1) is 6.75. The van der Waals surface area contributed by atoms with E-state index in [0.29, 0.717) is 24.6 Å². The van der Waals surface area contributed by atoms with Gasteiger partial charge in [0.2, 0.25) is 5.95 Å². The second kappa shape index (κ2) is 3.61. The van der Waals surface area contributed by atoms with Crippen molar-refractivity contribution in [3.63, 3.8) is 0 Å². The van der Waals surface area contributed by atoms with Crippen molar-refractivity contribution >= 4 is 17.4 Å². The fraction of sp³-hybridized carbons (Fsp3) is 0.444. The molecule has 5 heteroatoms. The number of anilines is 2. The standard InChI is InChI=1S/C9H12N4O/c10-7-4-11-9(12-5-7)13-3-1-2-8(14)6-13/h4-5H,1-3,6,10H2. The first-order valence-electron chi connectivity index (χ1n) is 4.60. The van der Waals surface area contributed by atoms with E-state index in [9.17, 15) is 4.79 Å². The Balaban J connectivity index is 2.14. The van der Waals surface area contributed by atoms with Crippen molar-refractivity contribution in [2.24, 2.45) is 0 Å². The van der Waals surface area contributed by atoms with Gasteiger partial charge in [0.05, 0.1) is 24.6 Å². The Labute approximate surface area is 82.0 Å². The molecular formula is C9H12N4O. The second-order valence-corrected chi connectivity index (χ2v) is 3.38. The quantitative estimate of drug-likeness (QED) is 0.689. The Morgan fingerprint density at radius 3 is 2.71 bits per heavy atom. The maximum atomic E-state index is 11.2. The number of carbonyl (C=O) groups excluding carboxylic acids is 1. The monoisotopic (exact) mass is 192 g/mol. The minimum atomic E-state index is 0.247. The highest BCUT2D eigenvalue weighted by Crippen LogP contribution is 2.13. The van der Waals surface area contributed by atoms with Crippen LogP contribution in [0.15, 0.2) is 12.4 Å². The van der Waals surface area contributed by atoms with Crippen molar-refractivity contribution in [2.45, 2.75) is 12.8 Å². The molecule has 74 valence electrons. The lowest BCUT2D eigenvalue weighted by atomic mass is 10.1. The van der Waals surface area contributed by atoms with E-state index >= 15 is 0 Å². The molecule has 0 bridgehead atoms. The van der Waals surface area contributed by atoms with Crippen molar-refractivity contribution in [1.82, 2.24) is 9.97 Å². The van der Waals surface area contributed by atoms with Crippen LogP contribution in [0.1, 0.15) is 12.8 Å². The third-order valence-electron chi connectivity index (χ3n) is 2.19. The first kappa shape index (κ1) is 8.93. The number of rotatable bonds is 1. The Morgan fingerprint density at radius 1 is 1.36 bits per heavy atom. The molecule has 0 aliphatic carbocycles.